The van der Waals surface area contributed by atoms with Crippen molar-refractivity contribution in [2.45, 2.75) is 23.4 Å². The van der Waals surface area contributed by atoms with Crippen LogP contribution in [-0.4, -0.2) is 55.0 Å². The van der Waals surface area contributed by atoms with E-state index in [4.69, 9.17) is 0 Å². The molecule has 0 amide bonds. The van der Waals surface area contributed by atoms with Crippen LogP contribution in [0.5, 0.6) is 0 Å². The van der Waals surface area contributed by atoms with Crippen molar-refractivity contribution in [3.8, 4) is 11.4 Å². The Kier molecular flexibility index (Phi) is 5.17. The zero-order valence-corrected chi connectivity index (χ0v) is 18.7. The maximum atomic E-state index is 4.34. The Labute approximate surface area is 183 Å². The van der Waals surface area contributed by atoms with Crippen molar-refractivity contribution < 1.29 is 0 Å². The minimum atomic E-state index is 0.421. The van der Waals surface area contributed by atoms with Crippen LogP contribution in [0.1, 0.15) is 18.4 Å². The maximum Gasteiger partial charge on any atom is 0.191 e. The summed E-state index contributed by atoms with van der Waals surface area (Å²) in [5.74, 6) is 2.69. The summed E-state index contributed by atoms with van der Waals surface area (Å²) in [5, 5.41) is 9.59. The van der Waals surface area contributed by atoms with Gasteiger partial charge in [0.25, 0.3) is 0 Å². The van der Waals surface area contributed by atoms with Gasteiger partial charge in [0.1, 0.15) is 6.33 Å². The first-order valence-electron chi connectivity index (χ1n) is 9.92. The minimum Gasteiger partial charge on any atom is -0.305 e. The Balaban J connectivity index is 1.12. The number of hydrogen-bond donors (Lipinski definition) is 0. The fraction of sp³-hybridized carbons (Fsp3) is 0.429. The molecule has 3 heterocycles. The molecule has 1 aromatic carbocycles. The summed E-state index contributed by atoms with van der Waals surface area (Å²) in [6.45, 7) is 3.59. The number of halogens is 1. The molecule has 6 nitrogen and oxygen atoms in total. The molecule has 0 N–H and O–H groups in total. The molecular weight excluding hydrogens is 448 g/mol. The predicted octanol–water partition coefficient (Wildman–Crippen LogP) is 3.79. The van der Waals surface area contributed by atoms with Gasteiger partial charge in [0, 0.05) is 48.2 Å². The molecule has 2 atom stereocenters. The van der Waals surface area contributed by atoms with E-state index >= 15 is 0 Å². The highest BCUT2D eigenvalue weighted by molar-refractivity contribution is 9.10. The van der Waals surface area contributed by atoms with Gasteiger partial charge < -0.3 is 9.47 Å². The van der Waals surface area contributed by atoms with Crippen molar-refractivity contribution in [3.05, 3.63) is 53.0 Å². The van der Waals surface area contributed by atoms with Crippen LogP contribution >= 0.6 is 27.7 Å². The highest BCUT2D eigenvalue weighted by Crippen LogP contribution is 2.59. The molecule has 1 aliphatic heterocycles. The molecule has 0 spiro atoms. The van der Waals surface area contributed by atoms with E-state index in [9.17, 15) is 0 Å². The Bertz CT molecular complexity index is 992. The summed E-state index contributed by atoms with van der Waals surface area (Å²) in [6, 6.07) is 8.95. The van der Waals surface area contributed by atoms with Crippen LogP contribution in [0, 0.1) is 5.92 Å². The second kappa shape index (κ2) is 7.81. The lowest BCUT2D eigenvalue weighted by atomic mass is 9.95. The van der Waals surface area contributed by atoms with Crippen molar-refractivity contribution in [2.24, 2.45) is 13.0 Å². The average Bonchev–Trinajstić information content (AvgIpc) is 3.11. The monoisotopic (exact) mass is 470 g/mol. The van der Waals surface area contributed by atoms with E-state index in [1.54, 1.807) is 24.2 Å². The van der Waals surface area contributed by atoms with Crippen LogP contribution in [-0.2, 0) is 12.5 Å². The molecule has 2 aliphatic rings. The Morgan fingerprint density at radius 3 is 2.76 bits per heavy atom. The van der Waals surface area contributed by atoms with Crippen LogP contribution in [0.3, 0.4) is 0 Å². The van der Waals surface area contributed by atoms with Crippen molar-refractivity contribution in [1.29, 1.82) is 0 Å². The molecule has 150 valence electrons. The molecule has 2 aromatic heterocycles. The van der Waals surface area contributed by atoms with Crippen LogP contribution in [0.4, 0.5) is 0 Å². The number of nitrogens with zero attached hydrogens (tertiary/aromatic N) is 6. The van der Waals surface area contributed by atoms with E-state index < -0.39 is 0 Å². The highest BCUT2D eigenvalue weighted by Gasteiger charge is 2.60. The van der Waals surface area contributed by atoms with Crippen LogP contribution in [0.2, 0.25) is 0 Å². The lowest BCUT2D eigenvalue weighted by molar-refractivity contribution is 0.299. The van der Waals surface area contributed by atoms with Crippen molar-refractivity contribution >= 4 is 27.7 Å². The lowest BCUT2D eigenvalue weighted by Crippen LogP contribution is -2.27. The largest absolute Gasteiger partial charge is 0.305 e. The summed E-state index contributed by atoms with van der Waals surface area (Å²) >= 11 is 5.32. The third-order valence-corrected chi connectivity index (χ3v) is 7.77. The quantitative estimate of drug-likeness (QED) is 0.386. The standard InChI is InChI=1S/C21H23BrN6S/c1-27-19(15-10-23-14-24-11-15)25-26-20(27)29-8-2-7-28-12-17-9-21(17,13-28)16-3-5-18(22)6-4-16/h3-6,10-11,14,17H,2,7-9,12-13H2,1H3/t17-,21?/m0/s1. The number of rotatable bonds is 7. The first kappa shape index (κ1) is 19.2. The first-order valence-corrected chi connectivity index (χ1v) is 11.7. The highest BCUT2D eigenvalue weighted by atomic mass is 79.9. The molecule has 8 heteroatoms. The molecule has 29 heavy (non-hydrogen) atoms. The molecule has 1 saturated carbocycles. The summed E-state index contributed by atoms with van der Waals surface area (Å²) in [5.41, 5.74) is 2.83. The topological polar surface area (TPSA) is 59.7 Å². The number of benzene rings is 1. The van der Waals surface area contributed by atoms with Gasteiger partial charge in [0.2, 0.25) is 0 Å². The van der Waals surface area contributed by atoms with Gasteiger partial charge >= 0.3 is 0 Å². The van der Waals surface area contributed by atoms with E-state index in [2.05, 4.69) is 65.3 Å². The van der Waals surface area contributed by atoms with Gasteiger partial charge in [-0.3, -0.25) is 0 Å². The minimum absolute atomic E-state index is 0.421. The molecule has 2 fully saturated rings. The number of likely N-dealkylation sites (tertiary alicyclic amines) is 1. The lowest BCUT2D eigenvalue weighted by Gasteiger charge is -2.21. The first-order chi connectivity index (χ1) is 14.2. The van der Waals surface area contributed by atoms with Crippen LogP contribution < -0.4 is 0 Å². The van der Waals surface area contributed by atoms with Gasteiger partial charge in [-0.05, 0) is 43.0 Å². The van der Waals surface area contributed by atoms with Gasteiger partial charge in [-0.1, -0.05) is 39.8 Å². The average molecular weight is 471 g/mol. The van der Waals surface area contributed by atoms with Crippen molar-refractivity contribution in [2.75, 3.05) is 25.4 Å². The van der Waals surface area contributed by atoms with Gasteiger partial charge in [0.05, 0.1) is 5.56 Å². The number of aromatic nitrogens is 5. The Morgan fingerprint density at radius 2 is 1.97 bits per heavy atom. The normalized spacial score (nSPS) is 23.3. The molecule has 0 radical (unpaired) electrons. The van der Waals surface area contributed by atoms with E-state index in [0.717, 1.165) is 45.7 Å². The molecule has 1 aliphatic carbocycles. The van der Waals surface area contributed by atoms with E-state index in [1.165, 1.54) is 31.4 Å². The van der Waals surface area contributed by atoms with E-state index in [1.807, 2.05) is 11.6 Å². The fourth-order valence-electron chi connectivity index (χ4n) is 4.54. The van der Waals surface area contributed by atoms with Gasteiger partial charge in [0.15, 0.2) is 11.0 Å². The predicted molar refractivity (Wildman–Crippen MR) is 118 cm³/mol. The van der Waals surface area contributed by atoms with Crippen molar-refractivity contribution in [1.82, 2.24) is 29.6 Å². The van der Waals surface area contributed by atoms with Crippen LogP contribution in [0.15, 0.2) is 52.6 Å². The third kappa shape index (κ3) is 3.73. The Hall–Kier alpha value is -1.77. The Morgan fingerprint density at radius 1 is 1.17 bits per heavy atom. The van der Waals surface area contributed by atoms with E-state index in [-0.39, 0.29) is 0 Å². The zero-order chi connectivity index (χ0) is 19.8. The summed E-state index contributed by atoms with van der Waals surface area (Å²) in [7, 11) is 2.00. The summed E-state index contributed by atoms with van der Waals surface area (Å²) in [4.78, 5) is 10.8. The zero-order valence-electron chi connectivity index (χ0n) is 16.3. The second-order valence-electron chi connectivity index (χ2n) is 7.99. The van der Waals surface area contributed by atoms with Gasteiger partial charge in [-0.25, -0.2) is 9.97 Å². The molecule has 3 aromatic rings. The second-order valence-corrected chi connectivity index (χ2v) is 9.97. The van der Waals surface area contributed by atoms with Crippen molar-refractivity contribution in [3.63, 3.8) is 0 Å². The molecule has 0 bridgehead atoms. The summed E-state index contributed by atoms with van der Waals surface area (Å²) < 4.78 is 3.19. The fourth-order valence-corrected chi connectivity index (χ4v) is 5.64. The number of piperidine rings is 1. The molecule has 5 rings (SSSR count). The number of thioether (sulfide) groups is 1. The van der Waals surface area contributed by atoms with E-state index in [0.29, 0.717) is 5.41 Å². The smallest absolute Gasteiger partial charge is 0.191 e. The molecule has 1 unspecified atom stereocenters. The molecule has 1 saturated heterocycles. The van der Waals surface area contributed by atoms with Gasteiger partial charge in [-0.2, -0.15) is 0 Å². The third-order valence-electron chi connectivity index (χ3n) is 6.14. The number of fused-ring (bicyclic) bond motifs is 1. The summed E-state index contributed by atoms with van der Waals surface area (Å²) in [6.07, 6.45) is 7.57. The van der Waals surface area contributed by atoms with Crippen LogP contribution in [0.25, 0.3) is 11.4 Å². The maximum absolute atomic E-state index is 4.34. The molecular formula is C21H23BrN6S. The van der Waals surface area contributed by atoms with Gasteiger partial charge in [-0.15, -0.1) is 10.2 Å². The number of hydrogen-bond acceptors (Lipinski definition) is 6. The SMILES string of the molecule is Cn1c(SCCCN2C[C@@H]3CC3(c3ccc(Br)cc3)C2)nnc1-c1cncnc1.